The number of nitro benzene ring substituents is 1. The van der Waals surface area contributed by atoms with Gasteiger partial charge in [-0.05, 0) is 6.07 Å². The summed E-state index contributed by atoms with van der Waals surface area (Å²) >= 11 is 0. The molecule has 0 spiro atoms. The first-order valence-electron chi connectivity index (χ1n) is 4.16. The number of hydrogen-bond acceptors (Lipinski definition) is 4. The third kappa shape index (κ3) is 2.15. The van der Waals surface area contributed by atoms with Crippen molar-refractivity contribution < 1.29 is 14.5 Å². The summed E-state index contributed by atoms with van der Waals surface area (Å²) in [5, 5.41) is 10.6. The fourth-order valence-corrected chi connectivity index (χ4v) is 1.26. The summed E-state index contributed by atoms with van der Waals surface area (Å²) in [5.41, 5.74) is 0.156. The molecule has 0 bridgehead atoms. The molecule has 1 rings (SSSR count). The van der Waals surface area contributed by atoms with E-state index in [0.29, 0.717) is 0 Å². The largest absolute Gasteiger partial charge is 0.465 e. The number of rotatable bonds is 3. The Labute approximate surface area is 87.6 Å². The molecule has 2 radical (unpaired) electrons. The molecule has 15 heavy (non-hydrogen) atoms. The average Bonchev–Trinajstić information content (AvgIpc) is 2.26. The number of ether oxygens (including phenoxy) is 1. The van der Waals surface area contributed by atoms with Gasteiger partial charge in [0.15, 0.2) is 0 Å². The number of methoxy groups -OCH3 is 1. The van der Waals surface area contributed by atoms with Gasteiger partial charge in [-0.3, -0.25) is 10.1 Å². The molecule has 76 valence electrons. The Morgan fingerprint density at radius 2 is 2.27 bits per heavy atom. The predicted molar refractivity (Wildman–Crippen MR) is 53.9 cm³/mol. The minimum atomic E-state index is -0.626. The van der Waals surface area contributed by atoms with Gasteiger partial charge in [0.2, 0.25) is 0 Å². The quantitative estimate of drug-likeness (QED) is 0.320. The second-order valence-electron chi connectivity index (χ2n) is 2.76. The van der Waals surface area contributed by atoms with Crippen LogP contribution < -0.4 is 0 Å². The van der Waals surface area contributed by atoms with Gasteiger partial charge >= 0.3 is 5.97 Å². The molecule has 6 heteroatoms. The molecule has 0 unspecified atom stereocenters. The van der Waals surface area contributed by atoms with Crippen LogP contribution in [-0.4, -0.2) is 25.8 Å². The molecule has 0 atom stereocenters. The van der Waals surface area contributed by atoms with Gasteiger partial charge in [-0.1, -0.05) is 12.4 Å². The highest BCUT2D eigenvalue weighted by atomic mass is 16.6. The van der Waals surface area contributed by atoms with E-state index in [1.165, 1.54) is 25.3 Å². The average molecular weight is 205 g/mol. The van der Waals surface area contributed by atoms with E-state index in [1.807, 2.05) is 0 Å². The lowest BCUT2D eigenvalue weighted by molar-refractivity contribution is -0.385. The highest BCUT2D eigenvalue weighted by molar-refractivity contribution is 6.10. The van der Waals surface area contributed by atoms with E-state index in [2.05, 4.69) is 4.74 Å². The van der Waals surface area contributed by atoms with E-state index in [1.54, 1.807) is 0 Å². The molecule has 0 aliphatic heterocycles. The van der Waals surface area contributed by atoms with Crippen molar-refractivity contribution in [2.45, 2.75) is 6.32 Å². The van der Waals surface area contributed by atoms with Crippen LogP contribution in [0.25, 0.3) is 0 Å². The van der Waals surface area contributed by atoms with E-state index in [0.717, 1.165) is 0 Å². The smallest absolute Gasteiger partial charge is 0.338 e. The van der Waals surface area contributed by atoms with Crippen molar-refractivity contribution in [2.24, 2.45) is 0 Å². The van der Waals surface area contributed by atoms with Crippen LogP contribution in [0.5, 0.6) is 0 Å². The van der Waals surface area contributed by atoms with Crippen molar-refractivity contribution in [1.29, 1.82) is 0 Å². The fraction of sp³-hybridized carbons (Fsp3) is 0.222. The zero-order valence-electron chi connectivity index (χ0n) is 8.10. The molecular weight excluding hydrogens is 197 g/mol. The summed E-state index contributed by atoms with van der Waals surface area (Å²) < 4.78 is 4.50. The lowest BCUT2D eigenvalue weighted by Crippen LogP contribution is -2.08. The number of nitrogens with zero attached hydrogens (tertiary/aromatic N) is 1. The molecule has 0 fully saturated rings. The first-order chi connectivity index (χ1) is 7.11. The van der Waals surface area contributed by atoms with Crippen molar-refractivity contribution >= 4 is 19.5 Å². The molecule has 0 aromatic heterocycles. The van der Waals surface area contributed by atoms with Gasteiger partial charge in [0, 0.05) is 11.6 Å². The molecule has 0 aliphatic carbocycles. The SMILES string of the molecule is [B]Cc1c(C(=O)OC)cccc1[N+](=O)[O-]. The second-order valence-corrected chi connectivity index (χ2v) is 2.76. The molecule has 0 N–H and O–H groups in total. The van der Waals surface area contributed by atoms with Crippen LogP contribution in [-0.2, 0) is 11.1 Å². The molecule has 0 amide bonds. The van der Waals surface area contributed by atoms with Gasteiger partial charge in [0.25, 0.3) is 5.69 Å². The monoisotopic (exact) mass is 205 g/mol. The lowest BCUT2D eigenvalue weighted by Gasteiger charge is -2.05. The van der Waals surface area contributed by atoms with E-state index in [-0.39, 0.29) is 23.1 Å². The molecular formula is C9H8BNO4. The third-order valence-corrected chi connectivity index (χ3v) is 1.96. The number of benzene rings is 1. The summed E-state index contributed by atoms with van der Waals surface area (Å²) in [7, 11) is 6.58. The number of hydrogen-bond donors (Lipinski definition) is 0. The molecule has 1 aromatic rings. The number of nitro groups is 1. The Balaban J connectivity index is 3.34. The van der Waals surface area contributed by atoms with Gasteiger partial charge < -0.3 is 4.74 Å². The molecule has 0 saturated carbocycles. The van der Waals surface area contributed by atoms with Crippen LogP contribution in [0, 0.1) is 10.1 Å². The highest BCUT2D eigenvalue weighted by Crippen LogP contribution is 2.22. The van der Waals surface area contributed by atoms with Gasteiger partial charge in [-0.25, -0.2) is 4.79 Å². The van der Waals surface area contributed by atoms with Gasteiger partial charge in [-0.2, -0.15) is 0 Å². The Morgan fingerprint density at radius 1 is 1.60 bits per heavy atom. The van der Waals surface area contributed by atoms with Crippen LogP contribution in [0.1, 0.15) is 15.9 Å². The van der Waals surface area contributed by atoms with Crippen molar-refractivity contribution in [3.05, 3.63) is 39.4 Å². The molecule has 0 heterocycles. The maximum atomic E-state index is 11.3. The minimum Gasteiger partial charge on any atom is -0.465 e. The van der Waals surface area contributed by atoms with Crippen LogP contribution >= 0.6 is 0 Å². The van der Waals surface area contributed by atoms with E-state index >= 15 is 0 Å². The Morgan fingerprint density at radius 3 is 2.73 bits per heavy atom. The van der Waals surface area contributed by atoms with Crippen LogP contribution in [0.3, 0.4) is 0 Å². The Hall–Kier alpha value is -1.85. The fourth-order valence-electron chi connectivity index (χ4n) is 1.26. The zero-order valence-corrected chi connectivity index (χ0v) is 8.10. The normalized spacial score (nSPS) is 9.67. The maximum Gasteiger partial charge on any atom is 0.338 e. The predicted octanol–water partition coefficient (Wildman–Crippen LogP) is 1.05. The third-order valence-electron chi connectivity index (χ3n) is 1.96. The summed E-state index contributed by atoms with van der Waals surface area (Å²) in [6.45, 7) is 0. The molecule has 1 aromatic carbocycles. The number of carbonyl (C=O) groups is 1. The highest BCUT2D eigenvalue weighted by Gasteiger charge is 2.19. The van der Waals surface area contributed by atoms with Gasteiger partial charge in [0.1, 0.15) is 0 Å². The van der Waals surface area contributed by atoms with Gasteiger partial charge in [-0.15, -0.1) is 0 Å². The molecule has 5 nitrogen and oxygen atoms in total. The van der Waals surface area contributed by atoms with Gasteiger partial charge in [0.05, 0.1) is 25.4 Å². The summed E-state index contributed by atoms with van der Waals surface area (Å²) in [6.07, 6.45) is -0.0818. The first-order valence-corrected chi connectivity index (χ1v) is 4.16. The van der Waals surface area contributed by atoms with Crippen LogP contribution in [0.4, 0.5) is 5.69 Å². The first kappa shape index (κ1) is 11.2. The molecule has 0 saturated heterocycles. The van der Waals surface area contributed by atoms with Crippen molar-refractivity contribution in [3.63, 3.8) is 0 Å². The second kappa shape index (κ2) is 4.59. The Kier molecular flexibility index (Phi) is 3.44. The van der Waals surface area contributed by atoms with E-state index < -0.39 is 10.9 Å². The minimum absolute atomic E-state index is 0.0818. The summed E-state index contributed by atoms with van der Waals surface area (Å²) in [6, 6.07) is 4.17. The van der Waals surface area contributed by atoms with E-state index in [9.17, 15) is 14.9 Å². The van der Waals surface area contributed by atoms with Crippen LogP contribution in [0.15, 0.2) is 18.2 Å². The summed E-state index contributed by atoms with van der Waals surface area (Å²) in [5.74, 6) is -0.626. The zero-order chi connectivity index (χ0) is 11.4. The van der Waals surface area contributed by atoms with E-state index in [4.69, 9.17) is 7.85 Å². The Bertz CT molecular complexity index is 405. The topological polar surface area (TPSA) is 69.4 Å². The maximum absolute atomic E-state index is 11.3. The van der Waals surface area contributed by atoms with Crippen LogP contribution in [0.2, 0.25) is 0 Å². The summed E-state index contributed by atoms with van der Waals surface area (Å²) in [4.78, 5) is 21.3. The van der Waals surface area contributed by atoms with Crippen molar-refractivity contribution in [1.82, 2.24) is 0 Å². The van der Waals surface area contributed by atoms with Crippen molar-refractivity contribution in [3.8, 4) is 0 Å². The lowest BCUT2D eigenvalue weighted by atomic mass is 9.91. The molecule has 0 aliphatic rings. The van der Waals surface area contributed by atoms with Crippen molar-refractivity contribution in [2.75, 3.05) is 7.11 Å². The number of carbonyl (C=O) groups excluding carboxylic acids is 1. The standard InChI is InChI=1S/C9H8BNO4/c1-15-9(12)6-3-2-4-8(11(13)14)7(6)5-10/h2-4H,5H2,1H3. The number of esters is 1.